The predicted molar refractivity (Wildman–Crippen MR) is 51.7 cm³/mol. The molecule has 0 N–H and O–H groups in total. The van der Waals surface area contributed by atoms with E-state index in [4.69, 9.17) is 0 Å². The molecular weight excluding hydrogens is 144 g/mol. The summed E-state index contributed by atoms with van der Waals surface area (Å²) in [5.74, 6) is 0. The molecule has 12 heavy (non-hydrogen) atoms. The third-order valence-electron chi connectivity index (χ3n) is 2.41. The monoisotopic (exact) mass is 156 g/mol. The first-order valence-electron chi connectivity index (χ1n) is 4.28. The van der Waals surface area contributed by atoms with Crippen molar-refractivity contribution in [2.75, 3.05) is 0 Å². The van der Waals surface area contributed by atoms with Gasteiger partial charge in [0.15, 0.2) is 0 Å². The van der Waals surface area contributed by atoms with Crippen LogP contribution < -0.4 is 10.4 Å². The van der Waals surface area contributed by atoms with E-state index in [0.717, 1.165) is 6.42 Å². The minimum Gasteiger partial charge on any atom is -0.0645 e. The molecule has 0 saturated heterocycles. The first kappa shape index (κ1) is 7.60. The largest absolute Gasteiger partial charge is 0.0645 e. The zero-order valence-corrected chi connectivity index (χ0v) is 7.52. The predicted octanol–water partition coefficient (Wildman–Crippen LogP) is 1.51. The maximum absolute atomic E-state index is 3.37. The van der Waals surface area contributed by atoms with E-state index in [9.17, 15) is 0 Å². The topological polar surface area (TPSA) is 0 Å². The molecule has 0 aromatic heterocycles. The highest BCUT2D eigenvalue weighted by Crippen LogP contribution is 2.11. The summed E-state index contributed by atoms with van der Waals surface area (Å²) < 4.78 is 0. The minimum atomic E-state index is 0.989. The van der Waals surface area contributed by atoms with Gasteiger partial charge in [-0.15, -0.1) is 0 Å². The highest BCUT2D eigenvalue weighted by molar-refractivity contribution is 5.62. The SMILES string of the molecule is CC1=c2ccccc2=C(C)C[C]1. The molecule has 2 radical (unpaired) electrons. The zero-order valence-electron chi connectivity index (χ0n) is 7.52. The zero-order chi connectivity index (χ0) is 8.55. The third-order valence-corrected chi connectivity index (χ3v) is 2.41. The van der Waals surface area contributed by atoms with Crippen LogP contribution in [0.15, 0.2) is 24.3 Å². The molecule has 0 unspecified atom stereocenters. The van der Waals surface area contributed by atoms with Crippen LogP contribution in [0.5, 0.6) is 0 Å². The van der Waals surface area contributed by atoms with Crippen LogP contribution >= 0.6 is 0 Å². The fraction of sp³-hybridized carbons (Fsp3) is 0.250. The molecular formula is C12H12. The van der Waals surface area contributed by atoms with E-state index in [2.05, 4.69) is 44.5 Å². The molecule has 0 nitrogen and oxygen atoms in total. The number of hydrogen-bond donors (Lipinski definition) is 0. The van der Waals surface area contributed by atoms with Gasteiger partial charge in [0.2, 0.25) is 0 Å². The van der Waals surface area contributed by atoms with E-state index in [1.807, 2.05) is 0 Å². The molecule has 1 aliphatic rings. The highest BCUT2D eigenvalue weighted by atomic mass is 14.1. The van der Waals surface area contributed by atoms with Gasteiger partial charge in [-0.3, -0.25) is 0 Å². The van der Waals surface area contributed by atoms with Crippen LogP contribution in [0.2, 0.25) is 0 Å². The lowest BCUT2D eigenvalue weighted by molar-refractivity contribution is 1.20. The van der Waals surface area contributed by atoms with Crippen molar-refractivity contribution in [2.45, 2.75) is 20.3 Å². The van der Waals surface area contributed by atoms with Gasteiger partial charge < -0.3 is 0 Å². The lowest BCUT2D eigenvalue weighted by Gasteiger charge is -2.09. The Bertz CT molecular complexity index is 369. The molecule has 0 saturated carbocycles. The molecule has 0 heterocycles. The normalized spacial score (nSPS) is 16.2. The van der Waals surface area contributed by atoms with Crippen molar-refractivity contribution in [3.8, 4) is 0 Å². The fourth-order valence-corrected chi connectivity index (χ4v) is 1.64. The van der Waals surface area contributed by atoms with E-state index >= 15 is 0 Å². The first-order valence-corrected chi connectivity index (χ1v) is 4.28. The summed E-state index contributed by atoms with van der Waals surface area (Å²) in [6.07, 6.45) is 4.36. The van der Waals surface area contributed by atoms with Crippen molar-refractivity contribution in [3.05, 3.63) is 41.1 Å². The number of benzene rings is 1. The van der Waals surface area contributed by atoms with Gasteiger partial charge in [-0.05, 0) is 30.7 Å². The van der Waals surface area contributed by atoms with Gasteiger partial charge in [0.25, 0.3) is 0 Å². The summed E-state index contributed by atoms with van der Waals surface area (Å²) in [5.41, 5.74) is 2.72. The van der Waals surface area contributed by atoms with Crippen LogP contribution in [-0.4, -0.2) is 0 Å². The second-order valence-electron chi connectivity index (χ2n) is 3.30. The average molecular weight is 156 g/mol. The van der Waals surface area contributed by atoms with Gasteiger partial charge in [0.1, 0.15) is 0 Å². The number of rotatable bonds is 0. The lowest BCUT2D eigenvalue weighted by atomic mass is 9.96. The van der Waals surface area contributed by atoms with Crippen molar-refractivity contribution in [1.29, 1.82) is 0 Å². The van der Waals surface area contributed by atoms with Crippen LogP contribution in [0, 0.1) is 6.42 Å². The Morgan fingerprint density at radius 1 is 1.08 bits per heavy atom. The highest BCUT2D eigenvalue weighted by Gasteiger charge is 2.03. The Labute approximate surface area is 73.2 Å². The number of fused-ring (bicyclic) bond motifs is 1. The van der Waals surface area contributed by atoms with Gasteiger partial charge in [-0.2, -0.15) is 0 Å². The van der Waals surface area contributed by atoms with Crippen molar-refractivity contribution < 1.29 is 0 Å². The van der Waals surface area contributed by atoms with E-state index in [0.29, 0.717) is 0 Å². The molecule has 0 fully saturated rings. The number of hydrogen-bond acceptors (Lipinski definition) is 0. The molecule has 0 heteroatoms. The van der Waals surface area contributed by atoms with Gasteiger partial charge in [-0.1, -0.05) is 35.4 Å². The Kier molecular flexibility index (Phi) is 1.76. The lowest BCUT2D eigenvalue weighted by Crippen LogP contribution is -2.30. The van der Waals surface area contributed by atoms with Crippen LogP contribution in [0.1, 0.15) is 20.3 Å². The fourth-order valence-electron chi connectivity index (χ4n) is 1.64. The van der Waals surface area contributed by atoms with E-state index in [-0.39, 0.29) is 0 Å². The summed E-state index contributed by atoms with van der Waals surface area (Å²) in [5, 5.41) is 2.75. The Morgan fingerprint density at radius 3 is 2.42 bits per heavy atom. The van der Waals surface area contributed by atoms with Crippen LogP contribution in [0.3, 0.4) is 0 Å². The molecule has 60 valence electrons. The van der Waals surface area contributed by atoms with Crippen molar-refractivity contribution in [1.82, 2.24) is 0 Å². The molecule has 0 spiro atoms. The van der Waals surface area contributed by atoms with Crippen LogP contribution in [-0.2, 0) is 0 Å². The second-order valence-corrected chi connectivity index (χ2v) is 3.30. The Hall–Kier alpha value is -1.04. The molecule has 2 rings (SSSR count). The maximum atomic E-state index is 3.37. The summed E-state index contributed by atoms with van der Waals surface area (Å²) >= 11 is 0. The van der Waals surface area contributed by atoms with Crippen LogP contribution in [0.25, 0.3) is 11.1 Å². The van der Waals surface area contributed by atoms with E-state index < -0.39 is 0 Å². The third kappa shape index (κ3) is 1.08. The first-order chi connectivity index (χ1) is 5.79. The smallest absolute Gasteiger partial charge is 0.0167 e. The maximum Gasteiger partial charge on any atom is 0.0167 e. The summed E-state index contributed by atoms with van der Waals surface area (Å²) in [6, 6.07) is 8.54. The van der Waals surface area contributed by atoms with E-state index in [1.165, 1.54) is 21.6 Å². The van der Waals surface area contributed by atoms with Gasteiger partial charge in [0.05, 0.1) is 0 Å². The molecule has 0 aliphatic heterocycles. The summed E-state index contributed by atoms with van der Waals surface area (Å²) in [6.45, 7) is 4.31. The molecule has 1 aliphatic carbocycles. The molecule has 0 atom stereocenters. The van der Waals surface area contributed by atoms with Crippen LogP contribution in [0.4, 0.5) is 0 Å². The molecule has 0 amide bonds. The van der Waals surface area contributed by atoms with Crippen molar-refractivity contribution in [3.63, 3.8) is 0 Å². The van der Waals surface area contributed by atoms with E-state index in [1.54, 1.807) is 0 Å². The molecule has 0 bridgehead atoms. The summed E-state index contributed by atoms with van der Waals surface area (Å²) in [4.78, 5) is 0. The standard InChI is InChI=1S/C12H12/c1-9-7-8-10(2)12-6-4-3-5-11(9)12/h3-6H,7H2,1-2H3. The van der Waals surface area contributed by atoms with Gasteiger partial charge >= 0.3 is 0 Å². The summed E-state index contributed by atoms with van der Waals surface area (Å²) in [7, 11) is 0. The average Bonchev–Trinajstić information content (AvgIpc) is 2.12. The van der Waals surface area contributed by atoms with Gasteiger partial charge in [0, 0.05) is 6.42 Å². The minimum absolute atomic E-state index is 0.989. The van der Waals surface area contributed by atoms with Crippen molar-refractivity contribution >= 4 is 11.1 Å². The Morgan fingerprint density at radius 2 is 1.75 bits per heavy atom. The van der Waals surface area contributed by atoms with Gasteiger partial charge in [-0.25, -0.2) is 0 Å². The second kappa shape index (κ2) is 2.78. The molecule has 1 aromatic carbocycles. The molecule has 1 aromatic rings. The Balaban J connectivity index is 2.95. The van der Waals surface area contributed by atoms with Crippen molar-refractivity contribution in [2.24, 2.45) is 0 Å². The quantitative estimate of drug-likeness (QED) is 0.534.